The van der Waals surface area contributed by atoms with Crippen LogP contribution in [0, 0.1) is 5.41 Å². The van der Waals surface area contributed by atoms with Crippen LogP contribution in [-0.2, 0) is 9.59 Å². The van der Waals surface area contributed by atoms with E-state index in [9.17, 15) is 9.59 Å². The third kappa shape index (κ3) is 3.42. The number of amides is 2. The van der Waals surface area contributed by atoms with Crippen molar-refractivity contribution < 1.29 is 9.59 Å². The highest BCUT2D eigenvalue weighted by Crippen LogP contribution is 2.30. The van der Waals surface area contributed by atoms with Gasteiger partial charge >= 0.3 is 0 Å². The van der Waals surface area contributed by atoms with Crippen LogP contribution < -0.4 is 10.6 Å². The van der Waals surface area contributed by atoms with E-state index in [1.807, 2.05) is 23.6 Å². The Bertz CT molecular complexity index is 358. The maximum atomic E-state index is 12.3. The van der Waals surface area contributed by atoms with Crippen molar-refractivity contribution in [3.63, 3.8) is 0 Å². The van der Waals surface area contributed by atoms with Crippen molar-refractivity contribution in [2.75, 3.05) is 38.2 Å². The number of rotatable bonds is 3. The molecule has 2 heterocycles. The molecule has 2 amide bonds. The molecule has 6 heteroatoms. The molecule has 2 rings (SSSR count). The molecule has 0 radical (unpaired) electrons. The zero-order valence-electron chi connectivity index (χ0n) is 11.7. The fraction of sp³-hybridized carbons (Fsp3) is 0.846. The second-order valence-corrected chi connectivity index (χ2v) is 6.78. The van der Waals surface area contributed by atoms with E-state index in [0.717, 1.165) is 24.5 Å². The van der Waals surface area contributed by atoms with Gasteiger partial charge in [-0.3, -0.25) is 9.59 Å². The summed E-state index contributed by atoms with van der Waals surface area (Å²) in [6, 6.07) is 0.290. The number of carbonyl (C=O) groups is 2. The van der Waals surface area contributed by atoms with Crippen molar-refractivity contribution in [3.8, 4) is 0 Å². The number of thioether (sulfide) groups is 1. The molecule has 2 unspecified atom stereocenters. The van der Waals surface area contributed by atoms with Gasteiger partial charge < -0.3 is 15.5 Å². The van der Waals surface area contributed by atoms with Crippen LogP contribution in [0.5, 0.6) is 0 Å². The number of hydrogen-bond acceptors (Lipinski definition) is 4. The highest BCUT2D eigenvalue weighted by molar-refractivity contribution is 7.99. The molecule has 2 saturated heterocycles. The summed E-state index contributed by atoms with van der Waals surface area (Å²) in [6.07, 6.45) is 1.31. The normalized spacial score (nSPS) is 31.3. The molecule has 19 heavy (non-hydrogen) atoms. The number of nitrogens with one attached hydrogen (secondary N) is 2. The average molecular weight is 285 g/mol. The lowest BCUT2D eigenvalue weighted by atomic mass is 9.89. The molecule has 0 saturated carbocycles. The summed E-state index contributed by atoms with van der Waals surface area (Å²) in [5, 5.41) is 6.08. The second-order valence-electron chi connectivity index (χ2n) is 5.64. The Morgan fingerprint density at radius 3 is 2.95 bits per heavy atom. The van der Waals surface area contributed by atoms with Gasteiger partial charge in [0.2, 0.25) is 11.8 Å². The van der Waals surface area contributed by atoms with Gasteiger partial charge in [0, 0.05) is 50.7 Å². The molecule has 0 spiro atoms. The van der Waals surface area contributed by atoms with Gasteiger partial charge in [-0.1, -0.05) is 0 Å². The first-order valence-corrected chi connectivity index (χ1v) is 8.02. The molecule has 0 aromatic carbocycles. The average Bonchev–Trinajstić information content (AvgIpc) is 2.83. The predicted octanol–water partition coefficient (Wildman–Crippen LogP) is 0.0661. The molecule has 2 atom stereocenters. The smallest absolute Gasteiger partial charge is 0.227 e. The van der Waals surface area contributed by atoms with Crippen LogP contribution in [-0.4, -0.2) is 60.9 Å². The third-order valence-electron chi connectivity index (χ3n) is 4.02. The van der Waals surface area contributed by atoms with Crippen molar-refractivity contribution in [2.24, 2.45) is 5.41 Å². The van der Waals surface area contributed by atoms with Gasteiger partial charge in [-0.05, 0) is 13.3 Å². The highest BCUT2D eigenvalue weighted by atomic mass is 32.2. The summed E-state index contributed by atoms with van der Waals surface area (Å²) in [4.78, 5) is 25.9. The van der Waals surface area contributed by atoms with E-state index in [4.69, 9.17) is 0 Å². The standard InChI is InChI=1S/C13H23N3O2S/c1-13(12(18)14-2)3-5-16(9-13)11(17)7-10-8-19-6-4-15-10/h10,15H,3-9H2,1-2H3,(H,14,18). The number of likely N-dealkylation sites (tertiary alicyclic amines) is 1. The van der Waals surface area contributed by atoms with Crippen molar-refractivity contribution in [1.82, 2.24) is 15.5 Å². The molecule has 0 aromatic rings. The molecule has 108 valence electrons. The Kier molecular flexibility index (Phi) is 4.73. The van der Waals surface area contributed by atoms with Gasteiger partial charge in [0.05, 0.1) is 5.41 Å². The van der Waals surface area contributed by atoms with E-state index in [1.165, 1.54) is 0 Å². The van der Waals surface area contributed by atoms with Gasteiger partial charge in [-0.25, -0.2) is 0 Å². The molecule has 2 fully saturated rings. The summed E-state index contributed by atoms with van der Waals surface area (Å²) in [5.41, 5.74) is -0.418. The summed E-state index contributed by atoms with van der Waals surface area (Å²) in [6.45, 7) is 4.17. The maximum absolute atomic E-state index is 12.3. The molecule has 0 bridgehead atoms. The topological polar surface area (TPSA) is 61.4 Å². The van der Waals surface area contributed by atoms with Gasteiger partial charge in [0.15, 0.2) is 0 Å². The molecular weight excluding hydrogens is 262 g/mol. The first-order chi connectivity index (χ1) is 9.05. The Morgan fingerprint density at radius 1 is 1.53 bits per heavy atom. The minimum atomic E-state index is -0.418. The van der Waals surface area contributed by atoms with Gasteiger partial charge in [-0.2, -0.15) is 11.8 Å². The number of nitrogens with zero attached hydrogens (tertiary/aromatic N) is 1. The van der Waals surface area contributed by atoms with Gasteiger partial charge in [0.25, 0.3) is 0 Å². The number of carbonyl (C=O) groups excluding carboxylic acids is 2. The largest absolute Gasteiger partial charge is 0.359 e. The molecule has 0 aliphatic carbocycles. The Morgan fingerprint density at radius 2 is 2.32 bits per heavy atom. The monoisotopic (exact) mass is 285 g/mol. The Balaban J connectivity index is 1.86. The van der Waals surface area contributed by atoms with Crippen LogP contribution in [0.15, 0.2) is 0 Å². The fourth-order valence-corrected chi connectivity index (χ4v) is 3.70. The summed E-state index contributed by atoms with van der Waals surface area (Å²) < 4.78 is 0. The zero-order chi connectivity index (χ0) is 13.9. The fourth-order valence-electron chi connectivity index (χ4n) is 2.75. The molecule has 0 aromatic heterocycles. The second kappa shape index (κ2) is 6.13. The van der Waals surface area contributed by atoms with Gasteiger partial charge in [0.1, 0.15) is 0 Å². The maximum Gasteiger partial charge on any atom is 0.227 e. The van der Waals surface area contributed by atoms with Crippen LogP contribution in [0.1, 0.15) is 19.8 Å². The van der Waals surface area contributed by atoms with Crippen LogP contribution >= 0.6 is 11.8 Å². The molecule has 2 aliphatic heterocycles. The van der Waals surface area contributed by atoms with Crippen molar-refractivity contribution >= 4 is 23.6 Å². The quantitative estimate of drug-likeness (QED) is 0.770. The van der Waals surface area contributed by atoms with Crippen molar-refractivity contribution in [2.45, 2.75) is 25.8 Å². The molecule has 2 aliphatic rings. The Labute approximate surface area is 118 Å². The van der Waals surface area contributed by atoms with Gasteiger partial charge in [-0.15, -0.1) is 0 Å². The van der Waals surface area contributed by atoms with E-state index in [0.29, 0.717) is 19.5 Å². The van der Waals surface area contributed by atoms with E-state index in [2.05, 4.69) is 10.6 Å². The van der Waals surface area contributed by atoms with Crippen LogP contribution in [0.2, 0.25) is 0 Å². The lowest BCUT2D eigenvalue weighted by molar-refractivity contribution is -0.132. The highest BCUT2D eigenvalue weighted by Gasteiger charge is 2.41. The lowest BCUT2D eigenvalue weighted by Crippen LogP contribution is -2.44. The van der Waals surface area contributed by atoms with Crippen LogP contribution in [0.4, 0.5) is 0 Å². The summed E-state index contributed by atoms with van der Waals surface area (Å²) in [7, 11) is 1.65. The van der Waals surface area contributed by atoms with E-state index in [1.54, 1.807) is 7.05 Å². The molecule has 2 N–H and O–H groups in total. The first-order valence-electron chi connectivity index (χ1n) is 6.86. The van der Waals surface area contributed by atoms with Crippen molar-refractivity contribution in [1.29, 1.82) is 0 Å². The molecular formula is C13H23N3O2S. The third-order valence-corrected chi connectivity index (χ3v) is 5.15. The number of hydrogen-bond donors (Lipinski definition) is 2. The zero-order valence-corrected chi connectivity index (χ0v) is 12.5. The first kappa shape index (κ1) is 14.7. The summed E-state index contributed by atoms with van der Waals surface area (Å²) >= 11 is 1.90. The van der Waals surface area contributed by atoms with E-state index >= 15 is 0 Å². The molecule has 5 nitrogen and oxygen atoms in total. The minimum Gasteiger partial charge on any atom is -0.359 e. The van der Waals surface area contributed by atoms with Crippen LogP contribution in [0.25, 0.3) is 0 Å². The predicted molar refractivity (Wildman–Crippen MR) is 77.1 cm³/mol. The van der Waals surface area contributed by atoms with Crippen molar-refractivity contribution in [3.05, 3.63) is 0 Å². The van der Waals surface area contributed by atoms with Crippen LogP contribution in [0.3, 0.4) is 0 Å². The summed E-state index contributed by atoms with van der Waals surface area (Å²) in [5.74, 6) is 2.34. The van der Waals surface area contributed by atoms with E-state index in [-0.39, 0.29) is 17.9 Å². The SMILES string of the molecule is CNC(=O)C1(C)CCN(C(=O)CC2CSCCN2)C1. The van der Waals surface area contributed by atoms with E-state index < -0.39 is 5.41 Å². The minimum absolute atomic E-state index is 0.0362. The Hall–Kier alpha value is -0.750. The lowest BCUT2D eigenvalue weighted by Gasteiger charge is -2.26.